The first-order valence-corrected chi connectivity index (χ1v) is 5.59. The van der Waals surface area contributed by atoms with Crippen LogP contribution < -0.4 is 14.2 Å². The van der Waals surface area contributed by atoms with E-state index in [1.54, 1.807) is 12.1 Å². The van der Waals surface area contributed by atoms with Gasteiger partial charge in [-0.15, -0.1) is 0 Å². The SMILES string of the molecule is CCOCCOc1cc2c(cc1CO)OCO2. The Balaban J connectivity index is 2.04. The van der Waals surface area contributed by atoms with Crippen molar-refractivity contribution in [3.8, 4) is 17.2 Å². The zero-order valence-electron chi connectivity index (χ0n) is 9.77. The van der Waals surface area contributed by atoms with E-state index in [-0.39, 0.29) is 13.4 Å². The van der Waals surface area contributed by atoms with Gasteiger partial charge in [-0.2, -0.15) is 0 Å². The summed E-state index contributed by atoms with van der Waals surface area (Å²) in [6.07, 6.45) is 0. The molecular weight excluding hydrogens is 224 g/mol. The van der Waals surface area contributed by atoms with Gasteiger partial charge in [0.05, 0.1) is 13.2 Å². The van der Waals surface area contributed by atoms with Crippen LogP contribution in [0.4, 0.5) is 0 Å². The van der Waals surface area contributed by atoms with Crippen molar-refractivity contribution in [3.05, 3.63) is 17.7 Å². The number of fused-ring (bicyclic) bond motifs is 1. The Kier molecular flexibility index (Phi) is 4.06. The largest absolute Gasteiger partial charge is 0.491 e. The first kappa shape index (κ1) is 12.0. The number of rotatable bonds is 6. The average molecular weight is 240 g/mol. The van der Waals surface area contributed by atoms with Crippen molar-refractivity contribution < 1.29 is 24.1 Å². The molecule has 0 fully saturated rings. The van der Waals surface area contributed by atoms with Crippen molar-refractivity contribution in [2.45, 2.75) is 13.5 Å². The van der Waals surface area contributed by atoms with E-state index < -0.39 is 0 Å². The molecular formula is C12H16O5. The second kappa shape index (κ2) is 5.75. The van der Waals surface area contributed by atoms with Gasteiger partial charge >= 0.3 is 0 Å². The van der Waals surface area contributed by atoms with Crippen LogP contribution in [0.5, 0.6) is 17.2 Å². The maximum atomic E-state index is 9.24. The van der Waals surface area contributed by atoms with Gasteiger partial charge in [0.2, 0.25) is 6.79 Å². The van der Waals surface area contributed by atoms with Crippen LogP contribution >= 0.6 is 0 Å². The predicted molar refractivity (Wildman–Crippen MR) is 60.5 cm³/mol. The average Bonchev–Trinajstić information content (AvgIpc) is 2.80. The molecule has 1 aliphatic heterocycles. The van der Waals surface area contributed by atoms with E-state index in [4.69, 9.17) is 18.9 Å². The second-order valence-electron chi connectivity index (χ2n) is 3.52. The molecule has 1 aliphatic rings. The predicted octanol–water partition coefficient (Wildman–Crippen LogP) is 1.32. The second-order valence-corrected chi connectivity index (χ2v) is 3.52. The molecule has 0 aromatic heterocycles. The summed E-state index contributed by atoms with van der Waals surface area (Å²) in [5, 5.41) is 9.24. The van der Waals surface area contributed by atoms with Gasteiger partial charge in [-0.25, -0.2) is 0 Å². The van der Waals surface area contributed by atoms with Crippen molar-refractivity contribution >= 4 is 0 Å². The molecule has 0 atom stereocenters. The quantitative estimate of drug-likeness (QED) is 0.760. The lowest BCUT2D eigenvalue weighted by molar-refractivity contribution is 0.109. The molecule has 0 saturated carbocycles. The lowest BCUT2D eigenvalue weighted by Crippen LogP contribution is -2.07. The molecule has 0 amide bonds. The molecule has 1 aromatic rings. The molecule has 5 nitrogen and oxygen atoms in total. The third kappa shape index (κ3) is 2.81. The molecule has 2 rings (SSSR count). The summed E-state index contributed by atoms with van der Waals surface area (Å²) in [5.41, 5.74) is 0.686. The van der Waals surface area contributed by atoms with E-state index in [9.17, 15) is 5.11 Å². The molecule has 0 spiro atoms. The van der Waals surface area contributed by atoms with Crippen molar-refractivity contribution in [1.29, 1.82) is 0 Å². The van der Waals surface area contributed by atoms with Gasteiger partial charge in [-0.1, -0.05) is 0 Å². The van der Waals surface area contributed by atoms with E-state index in [1.165, 1.54) is 0 Å². The van der Waals surface area contributed by atoms with Gasteiger partial charge in [0.15, 0.2) is 11.5 Å². The first-order chi connectivity index (χ1) is 8.35. The zero-order chi connectivity index (χ0) is 12.1. The Morgan fingerprint density at radius 3 is 2.71 bits per heavy atom. The highest BCUT2D eigenvalue weighted by Gasteiger charge is 2.17. The molecule has 1 N–H and O–H groups in total. The highest BCUT2D eigenvalue weighted by atomic mass is 16.7. The minimum absolute atomic E-state index is 0.0966. The number of hydrogen-bond donors (Lipinski definition) is 1. The van der Waals surface area contributed by atoms with Crippen LogP contribution in [0.1, 0.15) is 12.5 Å². The van der Waals surface area contributed by atoms with Gasteiger partial charge < -0.3 is 24.1 Å². The lowest BCUT2D eigenvalue weighted by atomic mass is 10.2. The molecule has 0 radical (unpaired) electrons. The van der Waals surface area contributed by atoms with Crippen LogP contribution in [0.15, 0.2) is 12.1 Å². The number of hydrogen-bond acceptors (Lipinski definition) is 5. The third-order valence-corrected chi connectivity index (χ3v) is 2.42. The van der Waals surface area contributed by atoms with E-state index in [0.29, 0.717) is 42.6 Å². The number of aliphatic hydroxyl groups is 1. The zero-order valence-corrected chi connectivity index (χ0v) is 9.77. The van der Waals surface area contributed by atoms with Crippen molar-refractivity contribution in [2.75, 3.05) is 26.6 Å². The summed E-state index contributed by atoms with van der Waals surface area (Å²) >= 11 is 0. The fourth-order valence-electron chi connectivity index (χ4n) is 1.58. The van der Waals surface area contributed by atoms with Crippen LogP contribution in [0.2, 0.25) is 0 Å². The fraction of sp³-hybridized carbons (Fsp3) is 0.500. The minimum atomic E-state index is -0.0966. The molecule has 1 heterocycles. The summed E-state index contributed by atoms with van der Waals surface area (Å²) in [7, 11) is 0. The Hall–Kier alpha value is -1.46. The Labute approximate surface area is 99.9 Å². The van der Waals surface area contributed by atoms with Gasteiger partial charge in [0.25, 0.3) is 0 Å². The topological polar surface area (TPSA) is 57.2 Å². The number of aliphatic hydroxyl groups excluding tert-OH is 1. The first-order valence-electron chi connectivity index (χ1n) is 5.59. The normalized spacial score (nSPS) is 12.8. The summed E-state index contributed by atoms with van der Waals surface area (Å²) in [5.74, 6) is 1.90. The number of benzene rings is 1. The van der Waals surface area contributed by atoms with E-state index >= 15 is 0 Å². The van der Waals surface area contributed by atoms with Crippen molar-refractivity contribution in [2.24, 2.45) is 0 Å². The fourth-order valence-corrected chi connectivity index (χ4v) is 1.58. The van der Waals surface area contributed by atoms with Gasteiger partial charge in [0, 0.05) is 18.2 Å². The Morgan fingerprint density at radius 2 is 2.00 bits per heavy atom. The van der Waals surface area contributed by atoms with Crippen LogP contribution in [-0.4, -0.2) is 31.7 Å². The summed E-state index contributed by atoms with van der Waals surface area (Å²) in [4.78, 5) is 0. The molecule has 0 bridgehead atoms. The van der Waals surface area contributed by atoms with Gasteiger partial charge in [-0.05, 0) is 13.0 Å². The molecule has 1 aromatic carbocycles. The molecule has 0 saturated heterocycles. The van der Waals surface area contributed by atoms with Crippen LogP contribution in [0.3, 0.4) is 0 Å². The van der Waals surface area contributed by atoms with Gasteiger partial charge in [-0.3, -0.25) is 0 Å². The van der Waals surface area contributed by atoms with Gasteiger partial charge in [0.1, 0.15) is 12.4 Å². The van der Waals surface area contributed by atoms with Crippen LogP contribution in [0.25, 0.3) is 0 Å². The van der Waals surface area contributed by atoms with Crippen molar-refractivity contribution in [3.63, 3.8) is 0 Å². The smallest absolute Gasteiger partial charge is 0.231 e. The van der Waals surface area contributed by atoms with E-state index in [1.807, 2.05) is 6.92 Å². The van der Waals surface area contributed by atoms with E-state index in [0.717, 1.165) is 0 Å². The molecule has 17 heavy (non-hydrogen) atoms. The monoisotopic (exact) mass is 240 g/mol. The highest BCUT2D eigenvalue weighted by Crippen LogP contribution is 2.38. The van der Waals surface area contributed by atoms with Crippen LogP contribution in [-0.2, 0) is 11.3 Å². The minimum Gasteiger partial charge on any atom is -0.491 e. The lowest BCUT2D eigenvalue weighted by Gasteiger charge is -2.11. The summed E-state index contributed by atoms with van der Waals surface area (Å²) < 4.78 is 21.2. The maximum absolute atomic E-state index is 9.24. The Bertz CT molecular complexity index is 377. The Morgan fingerprint density at radius 1 is 1.24 bits per heavy atom. The summed E-state index contributed by atoms with van der Waals surface area (Å²) in [6, 6.07) is 3.47. The maximum Gasteiger partial charge on any atom is 0.231 e. The molecule has 5 heteroatoms. The molecule has 94 valence electrons. The summed E-state index contributed by atoms with van der Waals surface area (Å²) in [6.45, 7) is 3.68. The molecule has 0 unspecified atom stereocenters. The highest BCUT2D eigenvalue weighted by molar-refractivity contribution is 5.51. The number of ether oxygens (including phenoxy) is 4. The van der Waals surface area contributed by atoms with E-state index in [2.05, 4.69) is 0 Å². The standard InChI is InChI=1S/C12H16O5/c1-2-14-3-4-15-10-6-12-11(16-8-17-12)5-9(10)7-13/h5-6,13H,2-4,7-8H2,1H3. The van der Waals surface area contributed by atoms with Crippen molar-refractivity contribution in [1.82, 2.24) is 0 Å². The third-order valence-electron chi connectivity index (χ3n) is 2.42. The molecule has 0 aliphatic carbocycles. The van der Waals surface area contributed by atoms with Crippen LogP contribution in [0, 0.1) is 0 Å².